The third kappa shape index (κ3) is 3.32. The van der Waals surface area contributed by atoms with Crippen LogP contribution >= 0.6 is 34.7 Å². The number of nitrogens with zero attached hydrogens (tertiary/aromatic N) is 1. The highest BCUT2D eigenvalue weighted by atomic mass is 35.5. The monoisotopic (exact) mass is 398 g/mol. The van der Waals surface area contributed by atoms with E-state index in [1.807, 2.05) is 24.4 Å². The highest BCUT2D eigenvalue weighted by Gasteiger charge is 2.56. The summed E-state index contributed by atoms with van der Waals surface area (Å²) >= 11 is 8.91. The van der Waals surface area contributed by atoms with Crippen LogP contribution in [0.3, 0.4) is 0 Å². The Hall–Kier alpha value is -1.45. The van der Waals surface area contributed by atoms with Crippen molar-refractivity contribution in [2.45, 2.75) is 30.8 Å². The van der Waals surface area contributed by atoms with Gasteiger partial charge in [-0.25, -0.2) is 0 Å². The number of hydrogen-bond acceptors (Lipinski definition) is 6. The van der Waals surface area contributed by atoms with Crippen molar-refractivity contribution in [3.63, 3.8) is 0 Å². The van der Waals surface area contributed by atoms with Gasteiger partial charge in [-0.15, -0.1) is 34.7 Å². The normalized spacial score (nSPS) is 25.3. The van der Waals surface area contributed by atoms with Crippen LogP contribution in [0.15, 0.2) is 28.0 Å². The molecule has 0 aliphatic carbocycles. The lowest BCUT2D eigenvalue weighted by atomic mass is 9.97. The first-order valence-corrected chi connectivity index (χ1v) is 9.91. The molecule has 1 saturated heterocycles. The molecule has 10 heteroatoms. The number of β-lactam (4-membered cyclic amide) rings is 1. The Bertz CT molecular complexity index is 740. The molecule has 132 valence electrons. The molecule has 0 saturated carbocycles. The quantitative estimate of drug-likeness (QED) is 0.448. The van der Waals surface area contributed by atoms with Crippen molar-refractivity contribution in [3.8, 4) is 0 Å². The highest BCUT2D eigenvalue weighted by molar-refractivity contribution is 8.03. The van der Waals surface area contributed by atoms with E-state index in [-0.39, 0.29) is 29.5 Å². The lowest BCUT2D eigenvalue weighted by Gasteiger charge is -2.52. The molecule has 0 aromatic carbocycles. The topological polar surface area (TPSA) is 75.7 Å². The maximum Gasteiger partial charge on any atom is 0.326 e. The van der Waals surface area contributed by atoms with Gasteiger partial charge < -0.3 is 14.9 Å². The Labute approximate surface area is 159 Å². The molecule has 0 bridgehead atoms. The Morgan fingerprint density at radius 2 is 2.24 bits per heavy atom. The molecule has 1 fully saturated rings. The number of rotatable bonds is 5. The number of nitrogens with one attached hydrogen (secondary N) is 1. The number of fused-ring (bicyclic) bond motifs is 1. The first-order valence-electron chi connectivity index (χ1n) is 7.62. The number of hydrogen-bond donors (Lipinski definition) is 1. The zero-order chi connectivity index (χ0) is 18.1. The smallest absolute Gasteiger partial charge is 0.326 e. The Morgan fingerprint density at radius 1 is 1.48 bits per heavy atom. The van der Waals surface area contributed by atoms with Crippen LogP contribution in [0.25, 0.3) is 0 Å². The molecule has 0 unspecified atom stereocenters. The molecule has 6 nitrogen and oxygen atoms in total. The largest absolute Gasteiger partial charge is 0.542 e. The summed E-state index contributed by atoms with van der Waals surface area (Å²) in [6.07, 6.45) is 0.237. The number of alkyl halides is 1. The Balaban J connectivity index is 1.75. The Morgan fingerprint density at radius 3 is 2.84 bits per heavy atom. The summed E-state index contributed by atoms with van der Waals surface area (Å²) in [6.45, 7) is 1.86. The van der Waals surface area contributed by atoms with Crippen LogP contribution in [0.1, 0.15) is 11.8 Å². The third-order valence-corrected chi connectivity index (χ3v) is 6.76. The second kappa shape index (κ2) is 7.43. The van der Waals surface area contributed by atoms with E-state index in [2.05, 4.69) is 5.32 Å². The fourth-order valence-corrected chi connectivity index (χ4v) is 5.45. The maximum atomic E-state index is 12.6. The van der Waals surface area contributed by atoms with Gasteiger partial charge in [-0.05, 0) is 28.8 Å². The summed E-state index contributed by atoms with van der Waals surface area (Å²) in [6, 6.07) is 2.30. The van der Waals surface area contributed by atoms with E-state index in [0.29, 0.717) is 5.57 Å². The molecule has 2 aliphatic rings. The van der Waals surface area contributed by atoms with E-state index in [1.54, 1.807) is 0 Å². The van der Waals surface area contributed by atoms with Crippen molar-refractivity contribution in [3.05, 3.63) is 32.9 Å². The number of thioether (sulfide) groups is 1. The summed E-state index contributed by atoms with van der Waals surface area (Å²) < 4.78 is 4.84. The van der Waals surface area contributed by atoms with Gasteiger partial charge in [0.2, 0.25) is 11.8 Å². The van der Waals surface area contributed by atoms with Crippen molar-refractivity contribution in [2.75, 3.05) is 5.88 Å². The van der Waals surface area contributed by atoms with Crippen LogP contribution in [0, 0.1) is 0 Å². The highest BCUT2D eigenvalue weighted by Crippen LogP contribution is 2.44. The molecule has 3 heterocycles. The number of allylic oxidation sites excluding steroid dienone is 1. The molecule has 0 radical (unpaired) electrons. The van der Waals surface area contributed by atoms with E-state index in [9.17, 15) is 14.4 Å². The minimum atomic E-state index is -0.813. The summed E-state index contributed by atoms with van der Waals surface area (Å²) in [5, 5.41) is 4.36. The van der Waals surface area contributed by atoms with Gasteiger partial charge in [0.1, 0.15) is 11.4 Å². The zero-order valence-corrected chi connectivity index (χ0v) is 16.0. The summed E-state index contributed by atoms with van der Waals surface area (Å²) in [7, 11) is 1.28. The molecule has 1 aromatic heterocycles. The molecule has 3 rings (SSSR count). The van der Waals surface area contributed by atoms with Gasteiger partial charge in [0.15, 0.2) is 6.04 Å². The van der Waals surface area contributed by atoms with Gasteiger partial charge in [0.05, 0.1) is 6.42 Å². The molecule has 3 atom stereocenters. The van der Waals surface area contributed by atoms with Gasteiger partial charge in [-0.1, -0.05) is 6.07 Å². The van der Waals surface area contributed by atoms with Crippen LogP contribution in [0.2, 0.25) is 0 Å². The molecule has 2 aliphatic heterocycles. The average Bonchev–Trinajstić information content (AvgIpc) is 3.10. The van der Waals surface area contributed by atoms with Gasteiger partial charge in [-0.2, -0.15) is 0 Å². The van der Waals surface area contributed by atoms with E-state index >= 15 is 0 Å². The number of carbonyl (C=O) groups is 3. The van der Waals surface area contributed by atoms with Crippen molar-refractivity contribution in [1.82, 2.24) is 10.2 Å². The molecule has 1 aromatic rings. The number of halogens is 1. The second-order valence-corrected chi connectivity index (χ2v) is 8.33. The molecule has 25 heavy (non-hydrogen) atoms. The fourth-order valence-electron chi connectivity index (χ4n) is 2.97. The molecule has 1 N–H and O–H groups in total. The maximum absolute atomic E-state index is 12.6. The van der Waals surface area contributed by atoms with E-state index < -0.39 is 18.1 Å². The van der Waals surface area contributed by atoms with Crippen LogP contribution in [0.4, 0.5) is 0 Å². The number of amides is 2. The van der Waals surface area contributed by atoms with Crippen LogP contribution in [-0.4, -0.2) is 54.1 Å². The Kier molecular flexibility index (Phi) is 5.45. The first kappa shape index (κ1) is 18.3. The number of thiophene rings is 1. The van der Waals surface area contributed by atoms with E-state index in [0.717, 1.165) is 9.78 Å². The van der Waals surface area contributed by atoms with Crippen molar-refractivity contribution in [2.24, 2.45) is 0 Å². The average molecular weight is 399 g/mol. The molecular weight excluding hydrogens is 383 g/mol. The summed E-state index contributed by atoms with van der Waals surface area (Å²) in [5.74, 6) is -0.871. The second-order valence-electron chi connectivity index (χ2n) is 5.70. The van der Waals surface area contributed by atoms with Gasteiger partial charge >= 0.3 is 14.0 Å². The van der Waals surface area contributed by atoms with Gasteiger partial charge in [0.25, 0.3) is 0 Å². The lowest BCUT2D eigenvalue weighted by Crippen LogP contribution is -2.74. The minimum Gasteiger partial charge on any atom is -0.542 e. The molecule has 2 amide bonds. The molecular formula is C15H16BClN2O4S2. The van der Waals surface area contributed by atoms with E-state index in [4.69, 9.17) is 16.3 Å². The zero-order valence-electron chi connectivity index (χ0n) is 13.7. The van der Waals surface area contributed by atoms with Crippen LogP contribution < -0.4 is 5.32 Å². The lowest BCUT2D eigenvalue weighted by molar-refractivity contribution is -0.158. The third-order valence-electron chi connectivity index (χ3n) is 4.24. The molecule has 0 spiro atoms. The number of carbonyl (C=O) groups excluding carboxylic acids is 3. The van der Waals surface area contributed by atoms with Crippen molar-refractivity contribution < 1.29 is 19.0 Å². The predicted molar refractivity (Wildman–Crippen MR) is 100 cm³/mol. The van der Waals surface area contributed by atoms with Crippen LogP contribution in [-0.2, 0) is 25.5 Å². The standard InChI is InChI=1S/C15H16BClN2O4S2/c1-7-9(6-17)12(15(22)23-16)19-13(21)11(14(19)25-7)18-10(20)5-8-3-2-4-24-8/h2-4,11-12,14H,5-6,16H2,1H3,(H,18,20)/t11-,12-,14-/m1/s1. The van der Waals surface area contributed by atoms with Crippen molar-refractivity contribution in [1.29, 1.82) is 0 Å². The van der Waals surface area contributed by atoms with Gasteiger partial charge in [0, 0.05) is 10.8 Å². The first-order chi connectivity index (χ1) is 12.0. The minimum absolute atomic E-state index is 0.143. The van der Waals surface area contributed by atoms with E-state index in [1.165, 1.54) is 36.0 Å². The SMILES string of the molecule is BOC(=O)[C@H]1C(CCl)=C(C)S[C@@H]2[C@H](NC(=O)Cc3cccs3)C(=O)N12. The van der Waals surface area contributed by atoms with Crippen LogP contribution in [0.5, 0.6) is 0 Å². The fraction of sp³-hybridized carbons (Fsp3) is 0.400. The predicted octanol–water partition coefficient (Wildman–Crippen LogP) is 0.663. The van der Waals surface area contributed by atoms with Gasteiger partial charge in [-0.3, -0.25) is 14.4 Å². The van der Waals surface area contributed by atoms with Crippen molar-refractivity contribution >= 4 is 60.5 Å². The summed E-state index contributed by atoms with van der Waals surface area (Å²) in [4.78, 5) is 40.2. The summed E-state index contributed by atoms with van der Waals surface area (Å²) in [5.41, 5.74) is 0.673.